The molecular formula is C78H152O17P2. The van der Waals surface area contributed by atoms with Crippen LogP contribution in [0.1, 0.15) is 402 Å². The fourth-order valence-electron chi connectivity index (χ4n) is 12.0. The van der Waals surface area contributed by atoms with Crippen LogP contribution in [0.15, 0.2) is 0 Å². The van der Waals surface area contributed by atoms with Gasteiger partial charge < -0.3 is 33.8 Å². The van der Waals surface area contributed by atoms with Crippen LogP contribution in [0.4, 0.5) is 0 Å². The zero-order valence-electron chi connectivity index (χ0n) is 63.5. The van der Waals surface area contributed by atoms with Crippen LogP contribution in [0.3, 0.4) is 0 Å². The maximum atomic E-state index is 13.1. The molecule has 19 heteroatoms. The van der Waals surface area contributed by atoms with Gasteiger partial charge in [0, 0.05) is 25.7 Å². The lowest BCUT2D eigenvalue weighted by molar-refractivity contribution is -0.161. The number of carbonyl (C=O) groups excluding carboxylic acids is 4. The fraction of sp³-hybridized carbons (Fsp3) is 0.949. The van der Waals surface area contributed by atoms with Gasteiger partial charge in [0.25, 0.3) is 0 Å². The van der Waals surface area contributed by atoms with Gasteiger partial charge in [-0.3, -0.25) is 37.3 Å². The molecule has 0 aliphatic rings. The average molecular weight is 1420 g/mol. The lowest BCUT2D eigenvalue weighted by Crippen LogP contribution is -2.30. The summed E-state index contributed by atoms with van der Waals surface area (Å²) in [4.78, 5) is 72.8. The van der Waals surface area contributed by atoms with E-state index in [1.807, 2.05) is 0 Å². The molecule has 0 aromatic carbocycles. The Balaban J connectivity index is 5.22. The number of phosphoric acid groups is 2. The summed E-state index contributed by atoms with van der Waals surface area (Å²) in [7, 11) is -9.91. The summed E-state index contributed by atoms with van der Waals surface area (Å²) < 4.78 is 68.6. The second-order valence-corrected chi connectivity index (χ2v) is 32.4. The van der Waals surface area contributed by atoms with E-state index in [4.69, 9.17) is 37.0 Å². The molecule has 0 bridgehead atoms. The van der Waals surface area contributed by atoms with Crippen molar-refractivity contribution in [3.05, 3.63) is 0 Å². The van der Waals surface area contributed by atoms with E-state index in [1.165, 1.54) is 205 Å². The number of carbonyl (C=O) groups is 4. The van der Waals surface area contributed by atoms with Gasteiger partial charge in [-0.1, -0.05) is 350 Å². The molecule has 5 atom stereocenters. The number of hydrogen-bond donors (Lipinski definition) is 3. The second-order valence-electron chi connectivity index (χ2n) is 29.5. The van der Waals surface area contributed by atoms with Gasteiger partial charge in [-0.2, -0.15) is 0 Å². The number of phosphoric ester groups is 2. The van der Waals surface area contributed by atoms with Crippen molar-refractivity contribution in [1.82, 2.24) is 0 Å². The topological polar surface area (TPSA) is 237 Å². The molecule has 0 aliphatic carbocycles. The molecule has 0 rings (SSSR count). The van der Waals surface area contributed by atoms with Gasteiger partial charge in [0.05, 0.1) is 26.4 Å². The van der Waals surface area contributed by atoms with Crippen LogP contribution >= 0.6 is 15.6 Å². The monoisotopic (exact) mass is 1420 g/mol. The van der Waals surface area contributed by atoms with E-state index in [9.17, 15) is 43.2 Å². The summed E-state index contributed by atoms with van der Waals surface area (Å²) in [5, 5.41) is 10.6. The van der Waals surface area contributed by atoms with Crippen molar-refractivity contribution in [3.8, 4) is 0 Å². The largest absolute Gasteiger partial charge is 0.472 e. The van der Waals surface area contributed by atoms with Crippen LogP contribution in [0.5, 0.6) is 0 Å². The van der Waals surface area contributed by atoms with Crippen LogP contribution in [0.25, 0.3) is 0 Å². The number of esters is 4. The Bertz CT molecular complexity index is 1890. The minimum atomic E-state index is -4.96. The van der Waals surface area contributed by atoms with E-state index in [1.54, 1.807) is 0 Å². The molecule has 97 heavy (non-hydrogen) atoms. The highest BCUT2D eigenvalue weighted by molar-refractivity contribution is 7.47. The first-order chi connectivity index (χ1) is 46.7. The smallest absolute Gasteiger partial charge is 0.462 e. The van der Waals surface area contributed by atoms with Crippen molar-refractivity contribution < 1.29 is 80.2 Å². The van der Waals surface area contributed by atoms with E-state index in [0.29, 0.717) is 31.6 Å². The second kappa shape index (κ2) is 68.5. The number of aliphatic hydroxyl groups is 1. The normalized spacial score (nSPS) is 14.0. The van der Waals surface area contributed by atoms with E-state index in [0.717, 1.165) is 108 Å². The van der Waals surface area contributed by atoms with Crippen molar-refractivity contribution in [1.29, 1.82) is 0 Å². The zero-order chi connectivity index (χ0) is 71.6. The van der Waals surface area contributed by atoms with E-state index >= 15 is 0 Å². The van der Waals surface area contributed by atoms with Crippen molar-refractivity contribution in [2.24, 2.45) is 17.8 Å². The Labute approximate surface area is 594 Å². The molecule has 17 nitrogen and oxygen atoms in total. The Morgan fingerprint density at radius 1 is 0.278 bits per heavy atom. The number of aliphatic hydroxyl groups excluding tert-OH is 1. The molecule has 0 fully saturated rings. The van der Waals surface area contributed by atoms with Crippen molar-refractivity contribution >= 4 is 39.5 Å². The van der Waals surface area contributed by atoms with Gasteiger partial charge in [0.15, 0.2) is 12.2 Å². The highest BCUT2D eigenvalue weighted by Gasteiger charge is 2.30. The molecule has 2 unspecified atom stereocenters. The Kier molecular flexibility index (Phi) is 67.1. The summed E-state index contributed by atoms with van der Waals surface area (Å²) in [6.07, 6.45) is 55.7. The average Bonchev–Trinajstić information content (AvgIpc) is 2.14. The minimum Gasteiger partial charge on any atom is -0.462 e. The number of unbranched alkanes of at least 4 members (excludes halogenated alkanes) is 44. The lowest BCUT2D eigenvalue weighted by Gasteiger charge is -2.21. The highest BCUT2D eigenvalue weighted by Crippen LogP contribution is 2.45. The molecular weight excluding hydrogens is 1270 g/mol. The van der Waals surface area contributed by atoms with Gasteiger partial charge in [-0.15, -0.1) is 0 Å². The maximum Gasteiger partial charge on any atom is 0.472 e. The molecule has 0 aromatic heterocycles. The predicted octanol–water partition coefficient (Wildman–Crippen LogP) is 23.0. The number of hydrogen-bond acceptors (Lipinski definition) is 15. The van der Waals surface area contributed by atoms with Gasteiger partial charge in [-0.25, -0.2) is 9.13 Å². The fourth-order valence-corrected chi connectivity index (χ4v) is 13.5. The quantitative estimate of drug-likeness (QED) is 0.0222. The van der Waals surface area contributed by atoms with Gasteiger partial charge in [-0.05, 0) is 43.4 Å². The Morgan fingerprint density at radius 2 is 0.474 bits per heavy atom. The Hall–Kier alpha value is -1.94. The first kappa shape index (κ1) is 95.1. The third-order valence-corrected chi connectivity index (χ3v) is 20.0. The lowest BCUT2D eigenvalue weighted by atomic mass is 10.0. The summed E-state index contributed by atoms with van der Waals surface area (Å²) in [6.45, 7) is 11.8. The molecule has 0 radical (unpaired) electrons. The maximum absolute atomic E-state index is 13.1. The molecule has 0 aromatic rings. The van der Waals surface area contributed by atoms with E-state index in [-0.39, 0.29) is 25.7 Å². The summed E-state index contributed by atoms with van der Waals surface area (Å²) >= 11 is 0. The first-order valence-corrected chi connectivity index (χ1v) is 43.3. The van der Waals surface area contributed by atoms with Gasteiger partial charge in [0.2, 0.25) is 0 Å². The van der Waals surface area contributed by atoms with Crippen LogP contribution in [0.2, 0.25) is 0 Å². The molecule has 3 N–H and O–H groups in total. The molecule has 0 saturated carbocycles. The molecule has 576 valence electrons. The van der Waals surface area contributed by atoms with Crippen LogP contribution in [-0.2, 0) is 65.4 Å². The summed E-state index contributed by atoms with van der Waals surface area (Å²) in [5.74, 6) is 0.107. The SMILES string of the molecule is CCCCCCCCCCCCCCCCCCCC(=O)OC[C@H](COP(=O)(O)OC[C@@H](O)COP(=O)(O)OC[C@@H](COC(=O)CCCCCCCCC(C)C)OC(=O)CCCCCCCCCCCC(C)C)OC(=O)CCCCCCCCCCCCCCCCCCC(C)C. The molecule has 0 heterocycles. The third-order valence-electron chi connectivity index (χ3n) is 18.1. The van der Waals surface area contributed by atoms with Gasteiger partial charge >= 0.3 is 39.5 Å². The number of ether oxygens (including phenoxy) is 4. The van der Waals surface area contributed by atoms with Crippen LogP contribution < -0.4 is 0 Å². The Morgan fingerprint density at radius 3 is 0.701 bits per heavy atom. The van der Waals surface area contributed by atoms with Crippen molar-refractivity contribution in [2.75, 3.05) is 39.6 Å². The van der Waals surface area contributed by atoms with E-state index in [2.05, 4.69) is 48.5 Å². The minimum absolute atomic E-state index is 0.104. The molecule has 0 saturated heterocycles. The summed E-state index contributed by atoms with van der Waals surface area (Å²) in [5.41, 5.74) is 0. The van der Waals surface area contributed by atoms with Crippen LogP contribution in [0, 0.1) is 17.8 Å². The van der Waals surface area contributed by atoms with Crippen LogP contribution in [-0.4, -0.2) is 96.7 Å². The predicted molar refractivity (Wildman–Crippen MR) is 395 cm³/mol. The van der Waals surface area contributed by atoms with Crippen molar-refractivity contribution in [3.63, 3.8) is 0 Å². The van der Waals surface area contributed by atoms with Crippen molar-refractivity contribution in [2.45, 2.75) is 420 Å². The standard InChI is InChI=1S/C78H152O17P2/c1-8-9-10-11-12-13-14-15-16-17-21-24-27-32-37-45-52-59-75(80)88-65-73(94-77(82)61-54-47-38-33-28-25-22-19-18-20-23-26-30-35-42-49-56-69(2)3)67-92-96(84,85)90-63-72(79)64-91-97(86,87)93-68-74(66-89-76(81)60-53-46-41-40-44-51-58-71(6)7)95-78(83)62-55-48-39-34-29-31-36-43-50-57-70(4)5/h69-74,79H,8-68H2,1-7H3,(H,84,85)(H,86,87)/t72-,73-,74-/m1/s1. The highest BCUT2D eigenvalue weighted by atomic mass is 31.2. The summed E-state index contributed by atoms with van der Waals surface area (Å²) in [6, 6.07) is 0. The molecule has 0 spiro atoms. The molecule has 0 amide bonds. The third kappa shape index (κ3) is 72.2. The van der Waals surface area contributed by atoms with Gasteiger partial charge in [0.1, 0.15) is 19.3 Å². The first-order valence-electron chi connectivity index (χ1n) is 40.3. The molecule has 0 aliphatic heterocycles. The van der Waals surface area contributed by atoms with E-state index < -0.39 is 97.5 Å². The zero-order valence-corrected chi connectivity index (χ0v) is 65.3. The number of rotatable bonds is 76.